The number of benzene rings is 3. The molecule has 0 fully saturated rings. The predicted octanol–water partition coefficient (Wildman–Crippen LogP) is 12.5. The van der Waals surface area contributed by atoms with Gasteiger partial charge in [-0.05, 0) is 73.4 Å². The largest absolute Gasteiger partial charge is 1.00 e. The zero-order valence-electron chi connectivity index (χ0n) is 34.3. The van der Waals surface area contributed by atoms with Crippen LogP contribution >= 0.6 is 18.5 Å². The van der Waals surface area contributed by atoms with Crippen LogP contribution in [0.3, 0.4) is 0 Å². The van der Waals surface area contributed by atoms with Crippen LogP contribution in [-0.4, -0.2) is 0 Å². The second-order valence-corrected chi connectivity index (χ2v) is 14.9. The Bertz CT molecular complexity index is 1100. The van der Waals surface area contributed by atoms with E-state index in [4.69, 9.17) is 13.6 Å². The molecule has 0 saturated heterocycles. The minimum absolute atomic E-state index is 0. The minimum Gasteiger partial charge on any atom is -1.00 e. The molecule has 0 N–H and O–H groups in total. The second-order valence-electron chi connectivity index (χ2n) is 13.9. The summed E-state index contributed by atoms with van der Waals surface area (Å²) >= 11 is 0. The molecule has 0 radical (unpaired) electrons. The number of hydrogen-bond acceptors (Lipinski definition) is 3. The number of hydrogen-bond donors (Lipinski definition) is 0. The van der Waals surface area contributed by atoms with Gasteiger partial charge in [0.1, 0.15) is 17.2 Å². The van der Waals surface area contributed by atoms with Gasteiger partial charge >= 0.3 is 38.2 Å². The van der Waals surface area contributed by atoms with Crippen molar-refractivity contribution in [2.45, 2.75) is 175 Å². The van der Waals surface area contributed by atoms with Crippen molar-refractivity contribution >= 4 is 18.5 Å². The molecule has 51 heavy (non-hydrogen) atoms. The molecule has 3 rings (SSSR count). The fraction of sp³-hybridized carbons (Fsp3) is 0.600. The zero-order valence-corrected chi connectivity index (χ0v) is 37.6. The van der Waals surface area contributed by atoms with E-state index >= 15 is 0 Å². The summed E-state index contributed by atoms with van der Waals surface area (Å²) < 4.78 is 20.3. The van der Waals surface area contributed by atoms with Crippen LogP contribution in [-0.2, 0) is 19.3 Å². The summed E-state index contributed by atoms with van der Waals surface area (Å²) in [6.07, 6.45) is 30.3. The summed E-state index contributed by atoms with van der Waals surface area (Å²) in [5, 5.41) is 0. The molecule has 3 aromatic carbocycles. The van der Waals surface area contributed by atoms with E-state index in [2.05, 4.69) is 93.6 Å². The van der Waals surface area contributed by atoms with Gasteiger partial charge < -0.3 is 15.0 Å². The first-order valence-electron chi connectivity index (χ1n) is 20.3. The van der Waals surface area contributed by atoms with Crippen molar-refractivity contribution in [3.05, 3.63) is 89.5 Å². The van der Waals surface area contributed by atoms with Crippen molar-refractivity contribution in [3.8, 4) is 17.2 Å². The molecule has 3 aromatic rings. The van der Waals surface area contributed by atoms with Crippen LogP contribution in [0.5, 0.6) is 17.2 Å². The summed E-state index contributed by atoms with van der Waals surface area (Å²) in [6.45, 7) is 6.84. The zero-order chi connectivity index (χ0) is 34.6. The van der Waals surface area contributed by atoms with Crippen molar-refractivity contribution in [3.63, 3.8) is 0 Å². The van der Waals surface area contributed by atoms with Crippen LogP contribution in [0.4, 0.5) is 0 Å². The van der Waals surface area contributed by atoms with Gasteiger partial charge in [0, 0.05) is 0 Å². The first-order valence-corrected chi connectivity index (χ1v) is 21.4. The van der Waals surface area contributed by atoms with Gasteiger partial charge in [0.05, 0.1) is 0 Å². The topological polar surface area (TPSA) is 27.7 Å². The van der Waals surface area contributed by atoms with Crippen molar-refractivity contribution in [2.75, 3.05) is 0 Å². The van der Waals surface area contributed by atoms with E-state index in [9.17, 15) is 0 Å². The maximum absolute atomic E-state index is 6.76. The Morgan fingerprint density at radius 2 is 0.608 bits per heavy atom. The summed E-state index contributed by atoms with van der Waals surface area (Å²) in [6, 6.07) is 25.5. The first-order chi connectivity index (χ1) is 24.2. The van der Waals surface area contributed by atoms with Crippen LogP contribution < -0.4 is 43.1 Å². The van der Waals surface area contributed by atoms with E-state index in [1.807, 2.05) is 0 Å². The van der Waals surface area contributed by atoms with Gasteiger partial charge in [-0.2, -0.15) is 9.90 Å². The minimum atomic E-state index is -1.72. The van der Waals surface area contributed by atoms with Gasteiger partial charge in [-0.25, -0.2) is 0 Å². The van der Waals surface area contributed by atoms with Crippen LogP contribution in [0, 0.1) is 0 Å². The molecular formula is C45H73NaO3P2. The molecule has 0 saturated carbocycles. The quantitative estimate of drug-likeness (QED) is 0.0386. The molecular weight excluding hydrogens is 673 g/mol. The third-order valence-electron chi connectivity index (χ3n) is 9.59. The standard InChI is InChI=1S/C45H69O3P.Na.H3P.H/c1-4-7-10-13-16-19-22-31-40-34-25-28-37-43(40)46-49(47-44-38-29-26-35-41(44)32-23-20-17-14-11-8-5-2)48-45-39-30-27-36-42(45)33-24-21-18-15-12-9-6-3;;;/h25-30,34-39H,4-24,31-33H2,1-3H3;;1H3;/q;+1;;-1. The van der Waals surface area contributed by atoms with Crippen molar-refractivity contribution in [1.82, 2.24) is 0 Å². The van der Waals surface area contributed by atoms with E-state index in [1.54, 1.807) is 0 Å². The van der Waals surface area contributed by atoms with E-state index in [0.717, 1.165) is 36.5 Å². The Balaban J connectivity index is 0.00000867. The van der Waals surface area contributed by atoms with Crippen molar-refractivity contribution in [1.29, 1.82) is 0 Å². The molecule has 0 amide bonds. The molecule has 6 heteroatoms. The average molecular weight is 747 g/mol. The maximum Gasteiger partial charge on any atom is 1.00 e. The summed E-state index contributed by atoms with van der Waals surface area (Å²) in [7, 11) is -1.72. The smallest absolute Gasteiger partial charge is 1.00 e. The molecule has 282 valence electrons. The Labute approximate surface area is 342 Å². The summed E-state index contributed by atoms with van der Waals surface area (Å²) in [5.74, 6) is 2.65. The third-order valence-corrected chi connectivity index (χ3v) is 10.6. The monoisotopic (exact) mass is 746 g/mol. The fourth-order valence-corrected chi connectivity index (χ4v) is 7.64. The molecule has 0 aliphatic carbocycles. The van der Waals surface area contributed by atoms with E-state index in [-0.39, 0.29) is 40.9 Å². The van der Waals surface area contributed by atoms with E-state index < -0.39 is 8.60 Å². The van der Waals surface area contributed by atoms with Crippen molar-refractivity contribution < 1.29 is 44.6 Å². The SMILES string of the molecule is CCCCCCCCCc1ccccc1OP(Oc1ccccc1CCCCCCCCC)Oc1ccccc1CCCCCCCCC.P.[H-].[Na+]. The number of unbranched alkanes of at least 4 members (excludes halogenated alkanes) is 18. The fourth-order valence-electron chi connectivity index (χ4n) is 6.51. The van der Waals surface area contributed by atoms with Gasteiger partial charge in [0.2, 0.25) is 0 Å². The molecule has 3 nitrogen and oxygen atoms in total. The van der Waals surface area contributed by atoms with Crippen LogP contribution in [0.1, 0.15) is 174 Å². The van der Waals surface area contributed by atoms with Gasteiger partial charge in [-0.15, -0.1) is 0 Å². The first kappa shape index (κ1) is 47.9. The molecule has 0 heterocycles. The molecule has 0 bridgehead atoms. The second kappa shape index (κ2) is 32.4. The van der Waals surface area contributed by atoms with Crippen LogP contribution in [0.25, 0.3) is 0 Å². The van der Waals surface area contributed by atoms with Gasteiger partial charge in [0.25, 0.3) is 0 Å². The number of rotatable bonds is 30. The molecule has 1 atom stereocenters. The van der Waals surface area contributed by atoms with Gasteiger partial charge in [0.15, 0.2) is 0 Å². The normalized spacial score (nSPS) is 10.8. The Morgan fingerprint density at radius 1 is 0.373 bits per heavy atom. The Morgan fingerprint density at radius 3 is 0.882 bits per heavy atom. The molecule has 0 aliphatic rings. The summed E-state index contributed by atoms with van der Waals surface area (Å²) in [4.78, 5) is 0. The summed E-state index contributed by atoms with van der Waals surface area (Å²) in [5.41, 5.74) is 3.72. The Hall–Kier alpha value is -1.08. The van der Waals surface area contributed by atoms with Crippen molar-refractivity contribution in [2.24, 2.45) is 0 Å². The van der Waals surface area contributed by atoms with E-state index in [0.29, 0.717) is 0 Å². The van der Waals surface area contributed by atoms with Crippen LogP contribution in [0.2, 0.25) is 0 Å². The molecule has 0 aliphatic heterocycles. The Kier molecular flexibility index (Phi) is 30.4. The number of para-hydroxylation sites is 3. The maximum atomic E-state index is 6.76. The van der Waals surface area contributed by atoms with E-state index in [1.165, 1.54) is 152 Å². The molecule has 0 spiro atoms. The molecule has 0 aromatic heterocycles. The van der Waals surface area contributed by atoms with Gasteiger partial charge in [-0.1, -0.05) is 191 Å². The molecule has 1 unspecified atom stereocenters. The van der Waals surface area contributed by atoms with Crippen LogP contribution in [0.15, 0.2) is 72.8 Å². The average Bonchev–Trinajstić information content (AvgIpc) is 3.12. The third kappa shape index (κ3) is 21.4. The predicted molar refractivity (Wildman–Crippen MR) is 225 cm³/mol. The van der Waals surface area contributed by atoms with Gasteiger partial charge in [-0.3, -0.25) is 0 Å². The number of aryl methyl sites for hydroxylation is 3.